The summed E-state index contributed by atoms with van der Waals surface area (Å²) in [6.07, 6.45) is 11.3. The van der Waals surface area contributed by atoms with Crippen molar-refractivity contribution in [1.82, 2.24) is 9.55 Å². The number of nitrogens with zero attached hydrogens (tertiary/aromatic N) is 3. The van der Waals surface area contributed by atoms with Crippen molar-refractivity contribution in [3.8, 4) is 11.1 Å². The van der Waals surface area contributed by atoms with Crippen LogP contribution in [-0.4, -0.2) is 22.6 Å². The SMILES string of the molecule is Cn1ccc2cc(-c3ccc4oc(N5CCCCCCCCC5)nc4c3)ccc21. The molecule has 2 aromatic carbocycles. The summed E-state index contributed by atoms with van der Waals surface area (Å²) in [6.45, 7) is 2.09. The summed E-state index contributed by atoms with van der Waals surface area (Å²) in [5, 5.41) is 1.26. The maximum atomic E-state index is 6.15. The molecule has 4 heteroatoms. The zero-order valence-corrected chi connectivity index (χ0v) is 17.2. The van der Waals surface area contributed by atoms with Crippen LogP contribution in [0.2, 0.25) is 0 Å². The Morgan fingerprint density at radius 3 is 2.28 bits per heavy atom. The van der Waals surface area contributed by atoms with Crippen LogP contribution in [0.25, 0.3) is 33.1 Å². The minimum absolute atomic E-state index is 0.788. The van der Waals surface area contributed by atoms with Crippen LogP contribution in [0.4, 0.5) is 6.01 Å². The molecule has 5 rings (SSSR count). The molecule has 3 heterocycles. The molecule has 1 saturated heterocycles. The number of hydrogen-bond donors (Lipinski definition) is 0. The van der Waals surface area contributed by atoms with Crippen LogP contribution < -0.4 is 4.90 Å². The van der Waals surface area contributed by atoms with Gasteiger partial charge < -0.3 is 13.9 Å². The first-order chi connectivity index (χ1) is 14.3. The Morgan fingerprint density at radius 2 is 1.48 bits per heavy atom. The number of fused-ring (bicyclic) bond motifs is 2. The van der Waals surface area contributed by atoms with Gasteiger partial charge in [-0.3, -0.25) is 0 Å². The van der Waals surface area contributed by atoms with E-state index in [0.717, 1.165) is 30.2 Å². The summed E-state index contributed by atoms with van der Waals surface area (Å²) in [5.41, 5.74) is 5.48. The topological polar surface area (TPSA) is 34.2 Å². The normalized spacial score (nSPS) is 16.5. The Kier molecular flexibility index (Phi) is 5.01. The highest BCUT2D eigenvalue weighted by Crippen LogP contribution is 2.30. The Balaban J connectivity index is 1.44. The van der Waals surface area contributed by atoms with E-state index < -0.39 is 0 Å². The number of aryl methyl sites for hydroxylation is 1. The first kappa shape index (κ1) is 18.3. The van der Waals surface area contributed by atoms with E-state index in [2.05, 4.69) is 65.2 Å². The van der Waals surface area contributed by atoms with E-state index in [1.54, 1.807) is 0 Å². The second kappa shape index (κ2) is 7.94. The van der Waals surface area contributed by atoms with Crippen LogP contribution in [0.3, 0.4) is 0 Å². The van der Waals surface area contributed by atoms with Gasteiger partial charge in [0.2, 0.25) is 0 Å². The average Bonchev–Trinajstić information content (AvgIpc) is 3.34. The summed E-state index contributed by atoms with van der Waals surface area (Å²) in [7, 11) is 2.08. The quantitative estimate of drug-likeness (QED) is 0.392. The molecule has 0 unspecified atom stereocenters. The molecule has 0 amide bonds. The van der Waals surface area contributed by atoms with Gasteiger partial charge in [-0.1, -0.05) is 44.2 Å². The molecular weight excluding hydrogens is 358 g/mol. The second-order valence-electron chi connectivity index (χ2n) is 8.34. The van der Waals surface area contributed by atoms with Crippen molar-refractivity contribution in [3.05, 3.63) is 48.7 Å². The number of aromatic nitrogens is 2. The van der Waals surface area contributed by atoms with Gasteiger partial charge in [0.25, 0.3) is 6.01 Å². The summed E-state index contributed by atoms with van der Waals surface area (Å²) in [4.78, 5) is 7.22. The lowest BCUT2D eigenvalue weighted by molar-refractivity contribution is 0.508. The molecule has 1 aliphatic heterocycles. The van der Waals surface area contributed by atoms with Crippen LogP contribution in [0.5, 0.6) is 0 Å². The van der Waals surface area contributed by atoms with Crippen LogP contribution in [-0.2, 0) is 7.05 Å². The van der Waals surface area contributed by atoms with Gasteiger partial charge in [0.1, 0.15) is 5.52 Å². The second-order valence-corrected chi connectivity index (χ2v) is 8.34. The highest BCUT2D eigenvalue weighted by molar-refractivity contribution is 5.88. The third-order valence-electron chi connectivity index (χ3n) is 6.22. The van der Waals surface area contributed by atoms with Crippen LogP contribution in [0, 0.1) is 0 Å². The molecule has 1 aliphatic rings. The van der Waals surface area contributed by atoms with Gasteiger partial charge in [0.05, 0.1) is 0 Å². The number of hydrogen-bond acceptors (Lipinski definition) is 3. The first-order valence-corrected chi connectivity index (χ1v) is 11.0. The van der Waals surface area contributed by atoms with Crippen molar-refractivity contribution < 1.29 is 4.42 Å². The molecule has 0 spiro atoms. The lowest BCUT2D eigenvalue weighted by Gasteiger charge is -2.21. The van der Waals surface area contributed by atoms with Gasteiger partial charge in [0.15, 0.2) is 5.58 Å². The number of oxazole rings is 1. The van der Waals surface area contributed by atoms with E-state index >= 15 is 0 Å². The fourth-order valence-corrected chi connectivity index (χ4v) is 4.48. The van der Waals surface area contributed by atoms with E-state index in [1.165, 1.54) is 67.0 Å². The maximum Gasteiger partial charge on any atom is 0.298 e. The summed E-state index contributed by atoms with van der Waals surface area (Å²) >= 11 is 0. The molecule has 150 valence electrons. The molecule has 0 aliphatic carbocycles. The Morgan fingerprint density at radius 1 is 0.793 bits per heavy atom. The minimum Gasteiger partial charge on any atom is -0.423 e. The maximum absolute atomic E-state index is 6.15. The monoisotopic (exact) mass is 387 g/mol. The van der Waals surface area contributed by atoms with Gasteiger partial charge in [-0.2, -0.15) is 4.98 Å². The summed E-state index contributed by atoms with van der Waals surface area (Å²) < 4.78 is 8.30. The Bertz CT molecular complexity index is 1110. The van der Waals surface area contributed by atoms with Gasteiger partial charge in [-0.15, -0.1) is 0 Å². The predicted molar refractivity (Wildman–Crippen MR) is 120 cm³/mol. The van der Waals surface area contributed by atoms with E-state index in [4.69, 9.17) is 9.40 Å². The van der Waals surface area contributed by atoms with E-state index in [-0.39, 0.29) is 0 Å². The zero-order chi connectivity index (χ0) is 19.6. The molecule has 1 fully saturated rings. The standard InChI is InChI=1S/C25H29N3O/c1-27-16-13-21-17-19(9-11-23(21)27)20-10-12-24-22(18-20)26-25(29-24)28-14-7-5-3-2-4-6-8-15-28/h9-13,16-18H,2-8,14-15H2,1H3. The third kappa shape index (κ3) is 3.76. The molecule has 0 saturated carbocycles. The largest absolute Gasteiger partial charge is 0.423 e. The molecule has 0 N–H and O–H groups in total. The summed E-state index contributed by atoms with van der Waals surface area (Å²) in [5.74, 6) is 0. The molecule has 0 radical (unpaired) electrons. The number of benzene rings is 2. The lowest BCUT2D eigenvalue weighted by atomic mass is 10.0. The molecule has 2 aromatic heterocycles. The van der Waals surface area contributed by atoms with Gasteiger partial charge >= 0.3 is 0 Å². The summed E-state index contributed by atoms with van der Waals surface area (Å²) in [6, 6.07) is 16.0. The molecular formula is C25H29N3O. The smallest absolute Gasteiger partial charge is 0.298 e. The van der Waals surface area contributed by atoms with Gasteiger partial charge in [0, 0.05) is 37.2 Å². The van der Waals surface area contributed by atoms with E-state index in [9.17, 15) is 0 Å². The highest BCUT2D eigenvalue weighted by atomic mass is 16.4. The third-order valence-corrected chi connectivity index (χ3v) is 6.22. The van der Waals surface area contributed by atoms with Gasteiger partial charge in [-0.25, -0.2) is 0 Å². The zero-order valence-electron chi connectivity index (χ0n) is 17.2. The Hall–Kier alpha value is -2.75. The van der Waals surface area contributed by atoms with Crippen molar-refractivity contribution in [2.75, 3.05) is 18.0 Å². The lowest BCUT2D eigenvalue weighted by Crippen LogP contribution is -2.26. The van der Waals surface area contributed by atoms with E-state index in [0.29, 0.717) is 0 Å². The van der Waals surface area contributed by atoms with Crippen molar-refractivity contribution in [2.24, 2.45) is 7.05 Å². The van der Waals surface area contributed by atoms with Crippen molar-refractivity contribution in [1.29, 1.82) is 0 Å². The number of anilines is 1. The number of rotatable bonds is 2. The molecule has 0 atom stereocenters. The Labute approximate surface area is 172 Å². The predicted octanol–water partition coefficient (Wildman–Crippen LogP) is 6.54. The van der Waals surface area contributed by atoms with Crippen LogP contribution in [0.15, 0.2) is 53.1 Å². The van der Waals surface area contributed by atoms with Gasteiger partial charge in [-0.05, 0) is 54.3 Å². The average molecular weight is 388 g/mol. The van der Waals surface area contributed by atoms with Crippen LogP contribution >= 0.6 is 0 Å². The van der Waals surface area contributed by atoms with Crippen LogP contribution in [0.1, 0.15) is 44.9 Å². The van der Waals surface area contributed by atoms with Crippen molar-refractivity contribution in [2.45, 2.75) is 44.9 Å². The highest BCUT2D eigenvalue weighted by Gasteiger charge is 2.15. The molecule has 4 nitrogen and oxygen atoms in total. The fourth-order valence-electron chi connectivity index (χ4n) is 4.48. The first-order valence-electron chi connectivity index (χ1n) is 11.0. The van der Waals surface area contributed by atoms with E-state index in [1.807, 2.05) is 0 Å². The van der Waals surface area contributed by atoms with Crippen molar-refractivity contribution >= 4 is 28.0 Å². The minimum atomic E-state index is 0.788. The molecule has 0 bridgehead atoms. The fraction of sp³-hybridized carbons (Fsp3) is 0.400. The molecule has 29 heavy (non-hydrogen) atoms. The van der Waals surface area contributed by atoms with Crippen molar-refractivity contribution in [3.63, 3.8) is 0 Å². The molecule has 4 aromatic rings.